The Bertz CT molecular complexity index is 1040. The minimum atomic E-state index is -0.525. The van der Waals surface area contributed by atoms with Gasteiger partial charge in [0.25, 0.3) is 0 Å². The number of rotatable bonds is 9. The maximum absolute atomic E-state index is 6.38. The van der Waals surface area contributed by atoms with Crippen LogP contribution in [0.3, 0.4) is 0 Å². The minimum absolute atomic E-state index is 0.187. The Hall–Kier alpha value is -2.71. The van der Waals surface area contributed by atoms with Crippen molar-refractivity contribution >= 4 is 11.5 Å². The first-order valence-corrected chi connectivity index (χ1v) is 13.0. The number of benzene rings is 1. The van der Waals surface area contributed by atoms with Crippen LogP contribution in [-0.2, 0) is 10.3 Å². The standard InChI is InChI=1S/C27H40N6O2/c1-5-33(6-2)14-7-15-34-32-25-22-16-20(35-19-10-8-18(28)9-11-19)12-13-21(22)24-23(27(25,3)4)26(29)31-17-30-24/h12-13,16-19H,5-11,14-15,28H2,1-4H3,(H2,29,30,31)/b32-25+/t18-,19-. The molecular weight excluding hydrogens is 440 g/mol. The molecule has 4 rings (SSSR count). The van der Waals surface area contributed by atoms with Gasteiger partial charge in [0.15, 0.2) is 0 Å². The molecule has 190 valence electrons. The molecule has 0 spiro atoms. The van der Waals surface area contributed by atoms with Gasteiger partial charge in [0, 0.05) is 34.7 Å². The zero-order valence-electron chi connectivity index (χ0n) is 21.6. The van der Waals surface area contributed by atoms with Crippen LogP contribution < -0.4 is 16.2 Å². The molecule has 1 saturated carbocycles. The lowest BCUT2D eigenvalue weighted by Crippen LogP contribution is -2.36. The van der Waals surface area contributed by atoms with Crippen LogP contribution in [0.2, 0.25) is 0 Å². The molecule has 0 atom stereocenters. The summed E-state index contributed by atoms with van der Waals surface area (Å²) in [6.07, 6.45) is 6.59. The van der Waals surface area contributed by atoms with E-state index in [1.54, 1.807) is 0 Å². The summed E-state index contributed by atoms with van der Waals surface area (Å²) >= 11 is 0. The van der Waals surface area contributed by atoms with Gasteiger partial charge in [-0.1, -0.05) is 19.0 Å². The summed E-state index contributed by atoms with van der Waals surface area (Å²) in [4.78, 5) is 17.1. The van der Waals surface area contributed by atoms with Crippen molar-refractivity contribution < 1.29 is 9.57 Å². The van der Waals surface area contributed by atoms with Crippen molar-refractivity contribution in [2.24, 2.45) is 10.9 Å². The molecule has 35 heavy (non-hydrogen) atoms. The predicted octanol–water partition coefficient (Wildman–Crippen LogP) is 4.12. The molecule has 0 amide bonds. The summed E-state index contributed by atoms with van der Waals surface area (Å²) < 4.78 is 6.38. The Morgan fingerprint density at radius 2 is 1.83 bits per heavy atom. The van der Waals surface area contributed by atoms with Crippen LogP contribution in [0.1, 0.15) is 70.9 Å². The van der Waals surface area contributed by atoms with Gasteiger partial charge < -0.3 is 25.9 Å². The van der Waals surface area contributed by atoms with Crippen LogP contribution in [-0.4, -0.2) is 59.0 Å². The van der Waals surface area contributed by atoms with E-state index in [4.69, 9.17) is 21.0 Å². The van der Waals surface area contributed by atoms with E-state index < -0.39 is 5.41 Å². The highest BCUT2D eigenvalue weighted by Crippen LogP contribution is 2.45. The highest BCUT2D eigenvalue weighted by Gasteiger charge is 2.41. The largest absolute Gasteiger partial charge is 0.490 e. The van der Waals surface area contributed by atoms with Crippen LogP contribution in [0, 0.1) is 0 Å². The van der Waals surface area contributed by atoms with Crippen LogP contribution in [0.4, 0.5) is 5.82 Å². The third-order valence-electron chi connectivity index (χ3n) is 7.38. The highest BCUT2D eigenvalue weighted by molar-refractivity contribution is 6.15. The Balaban J connectivity index is 1.63. The zero-order chi connectivity index (χ0) is 25.0. The Labute approximate surface area is 209 Å². The fourth-order valence-electron chi connectivity index (χ4n) is 5.24. The van der Waals surface area contributed by atoms with Crippen LogP contribution in [0.25, 0.3) is 11.3 Å². The number of nitrogen functional groups attached to an aromatic ring is 1. The molecule has 0 unspecified atom stereocenters. The van der Waals surface area contributed by atoms with Gasteiger partial charge in [0.2, 0.25) is 0 Å². The molecule has 0 saturated heterocycles. The van der Waals surface area contributed by atoms with Crippen molar-refractivity contribution in [1.29, 1.82) is 0 Å². The number of anilines is 1. The second kappa shape index (κ2) is 10.9. The quantitative estimate of drug-likeness (QED) is 0.410. The van der Waals surface area contributed by atoms with E-state index in [9.17, 15) is 0 Å². The fourth-order valence-corrected chi connectivity index (χ4v) is 5.24. The number of fused-ring (bicyclic) bond motifs is 3. The summed E-state index contributed by atoms with van der Waals surface area (Å²) in [5.41, 5.74) is 16.4. The maximum atomic E-state index is 6.38. The molecule has 4 N–H and O–H groups in total. The smallest absolute Gasteiger partial charge is 0.131 e. The van der Waals surface area contributed by atoms with Gasteiger partial charge in [0.05, 0.1) is 17.5 Å². The molecule has 8 heteroatoms. The third-order valence-corrected chi connectivity index (χ3v) is 7.38. The molecule has 1 aromatic heterocycles. The topological polar surface area (TPSA) is 112 Å². The van der Waals surface area contributed by atoms with Gasteiger partial charge >= 0.3 is 0 Å². The Morgan fingerprint density at radius 3 is 2.54 bits per heavy atom. The average molecular weight is 481 g/mol. The van der Waals surface area contributed by atoms with E-state index in [1.807, 2.05) is 6.07 Å². The second-order valence-corrected chi connectivity index (χ2v) is 10.1. The number of nitrogens with zero attached hydrogens (tertiary/aromatic N) is 4. The first-order chi connectivity index (χ1) is 16.8. The zero-order valence-corrected chi connectivity index (χ0v) is 21.6. The van der Waals surface area contributed by atoms with Gasteiger partial charge in [-0.05, 0) is 77.2 Å². The number of nitrogens with two attached hydrogens (primary N) is 2. The van der Waals surface area contributed by atoms with E-state index in [0.717, 1.165) is 85.6 Å². The minimum Gasteiger partial charge on any atom is -0.490 e. The molecule has 8 nitrogen and oxygen atoms in total. The van der Waals surface area contributed by atoms with Crippen molar-refractivity contribution in [3.05, 3.63) is 35.7 Å². The van der Waals surface area contributed by atoms with Crippen LogP contribution >= 0.6 is 0 Å². The highest BCUT2D eigenvalue weighted by atomic mass is 16.6. The van der Waals surface area contributed by atoms with Gasteiger partial charge in [-0.15, -0.1) is 0 Å². The number of hydrogen-bond acceptors (Lipinski definition) is 8. The summed E-state index contributed by atoms with van der Waals surface area (Å²) in [5, 5.41) is 4.68. The lowest BCUT2D eigenvalue weighted by Gasteiger charge is -2.35. The molecular formula is C27H40N6O2. The molecule has 2 aliphatic carbocycles. The molecule has 2 aliphatic rings. The first-order valence-electron chi connectivity index (χ1n) is 13.0. The Kier molecular flexibility index (Phi) is 7.91. The van der Waals surface area contributed by atoms with E-state index in [1.165, 1.54) is 6.33 Å². The summed E-state index contributed by atoms with van der Waals surface area (Å²) in [5.74, 6) is 1.30. The van der Waals surface area contributed by atoms with Gasteiger partial charge in [-0.3, -0.25) is 0 Å². The lowest BCUT2D eigenvalue weighted by molar-refractivity contribution is 0.129. The third kappa shape index (κ3) is 5.43. The van der Waals surface area contributed by atoms with E-state index in [0.29, 0.717) is 18.5 Å². The monoisotopic (exact) mass is 480 g/mol. The summed E-state index contributed by atoms with van der Waals surface area (Å²) in [6, 6.07) is 6.43. The Morgan fingerprint density at radius 1 is 1.09 bits per heavy atom. The molecule has 1 heterocycles. The van der Waals surface area contributed by atoms with E-state index in [2.05, 4.69) is 59.9 Å². The van der Waals surface area contributed by atoms with Gasteiger partial charge in [-0.25, -0.2) is 9.97 Å². The second-order valence-electron chi connectivity index (χ2n) is 10.1. The molecule has 0 aliphatic heterocycles. The molecule has 0 bridgehead atoms. The molecule has 1 fully saturated rings. The SMILES string of the molecule is CCN(CC)CCCO/N=C1\c2cc(O[C@H]3CC[C@H](N)CC3)ccc2-c2ncnc(N)c2C1(C)C. The van der Waals surface area contributed by atoms with Gasteiger partial charge in [-0.2, -0.15) is 0 Å². The molecule has 1 aromatic carbocycles. The van der Waals surface area contributed by atoms with E-state index >= 15 is 0 Å². The molecule has 0 radical (unpaired) electrons. The molecule has 2 aromatic rings. The number of oxime groups is 1. The fraction of sp³-hybridized carbons (Fsp3) is 0.593. The predicted molar refractivity (Wildman–Crippen MR) is 141 cm³/mol. The van der Waals surface area contributed by atoms with Crippen molar-refractivity contribution in [3.63, 3.8) is 0 Å². The number of hydrogen-bond donors (Lipinski definition) is 2. The van der Waals surface area contributed by atoms with Crippen molar-refractivity contribution in [2.45, 2.75) is 77.4 Å². The summed E-state index contributed by atoms with van der Waals surface area (Å²) in [6.45, 7) is 12.2. The van der Waals surface area contributed by atoms with Crippen molar-refractivity contribution in [3.8, 4) is 17.0 Å². The summed E-state index contributed by atoms with van der Waals surface area (Å²) in [7, 11) is 0. The normalized spacial score (nSPS) is 22.1. The number of ether oxygens (including phenoxy) is 1. The van der Waals surface area contributed by atoms with E-state index in [-0.39, 0.29) is 6.10 Å². The van der Waals surface area contributed by atoms with Crippen molar-refractivity contribution in [1.82, 2.24) is 14.9 Å². The van der Waals surface area contributed by atoms with Crippen LogP contribution in [0.15, 0.2) is 29.7 Å². The average Bonchev–Trinajstić information content (AvgIpc) is 2.84. The lowest BCUT2D eigenvalue weighted by atomic mass is 9.70. The maximum Gasteiger partial charge on any atom is 0.131 e. The number of aromatic nitrogens is 2. The first kappa shape index (κ1) is 25.4. The van der Waals surface area contributed by atoms with Crippen LogP contribution in [0.5, 0.6) is 5.75 Å². The van der Waals surface area contributed by atoms with Gasteiger partial charge in [0.1, 0.15) is 24.5 Å². The van der Waals surface area contributed by atoms with Crippen molar-refractivity contribution in [2.75, 3.05) is 32.0 Å².